The number of H-pyrrole nitrogens is 2. The third-order valence-electron chi connectivity index (χ3n) is 16.7. The molecule has 0 atom stereocenters. The summed E-state index contributed by atoms with van der Waals surface area (Å²) in [5.41, 5.74) is 21.8. The number of hydrogen-bond donors (Lipinski definition) is 2. The molecule has 15 aromatic rings. The van der Waals surface area contributed by atoms with Gasteiger partial charge >= 0.3 is 0 Å². The van der Waals surface area contributed by atoms with Crippen molar-refractivity contribution in [3.05, 3.63) is 291 Å². The van der Waals surface area contributed by atoms with Crippen molar-refractivity contribution < 1.29 is 0 Å². The number of aromatic amines is 2. The zero-order valence-electron chi connectivity index (χ0n) is 46.0. The minimum atomic E-state index is -0.0692. The minimum absolute atomic E-state index is 0.0692. The van der Waals surface area contributed by atoms with Crippen molar-refractivity contribution in [1.29, 1.82) is 0 Å². The van der Waals surface area contributed by atoms with Crippen LogP contribution in [0.3, 0.4) is 0 Å². The molecule has 0 spiro atoms. The van der Waals surface area contributed by atoms with E-state index in [2.05, 4.69) is 326 Å². The van der Waals surface area contributed by atoms with Gasteiger partial charge in [-0.05, 0) is 157 Å². The summed E-state index contributed by atoms with van der Waals surface area (Å²) < 4.78 is 0. The van der Waals surface area contributed by atoms with E-state index in [1.807, 2.05) is 0 Å². The second-order valence-corrected chi connectivity index (χ2v) is 22.6. The fourth-order valence-electron chi connectivity index (χ4n) is 12.9. The smallest absolute Gasteiger partial charge is 0.0540 e. The molecule has 0 amide bonds. The van der Waals surface area contributed by atoms with E-state index in [1.165, 1.54) is 82.0 Å². The van der Waals surface area contributed by atoms with Crippen molar-refractivity contribution in [2.45, 2.75) is 26.2 Å². The van der Waals surface area contributed by atoms with Gasteiger partial charge in [-0.25, -0.2) is 0 Å². The van der Waals surface area contributed by atoms with E-state index in [1.54, 1.807) is 0 Å². The second kappa shape index (κ2) is 19.7. The Morgan fingerprint density at radius 2 is 0.622 bits per heavy atom. The van der Waals surface area contributed by atoms with Gasteiger partial charge in [0.05, 0.1) is 11.4 Å². The zero-order chi connectivity index (χ0) is 54.9. The third-order valence-corrected chi connectivity index (χ3v) is 16.7. The van der Waals surface area contributed by atoms with Gasteiger partial charge in [0.25, 0.3) is 0 Å². The number of aromatic nitrogens is 2. The molecule has 4 nitrogen and oxygen atoms in total. The van der Waals surface area contributed by atoms with Gasteiger partial charge in [-0.3, -0.25) is 0 Å². The minimum Gasteiger partial charge on any atom is -0.354 e. The van der Waals surface area contributed by atoms with Crippen molar-refractivity contribution in [2.75, 3.05) is 9.80 Å². The Morgan fingerprint density at radius 3 is 1.09 bits per heavy atom. The molecule has 390 valence electrons. The molecule has 4 heteroatoms. The number of anilines is 6. The van der Waals surface area contributed by atoms with Crippen molar-refractivity contribution in [1.82, 2.24) is 9.97 Å². The van der Waals surface area contributed by atoms with Crippen LogP contribution in [0.2, 0.25) is 0 Å². The van der Waals surface area contributed by atoms with Crippen LogP contribution in [-0.2, 0) is 5.41 Å². The first-order chi connectivity index (χ1) is 40.3. The maximum Gasteiger partial charge on any atom is 0.0540 e. The van der Waals surface area contributed by atoms with E-state index in [9.17, 15) is 0 Å². The van der Waals surface area contributed by atoms with E-state index >= 15 is 0 Å². The van der Waals surface area contributed by atoms with Crippen LogP contribution >= 0.6 is 0 Å². The lowest BCUT2D eigenvalue weighted by atomic mass is 9.81. The fraction of sp³-hybridized carbons (Fsp3) is 0.0513. The molecule has 82 heavy (non-hydrogen) atoms. The van der Waals surface area contributed by atoms with Gasteiger partial charge < -0.3 is 19.8 Å². The molecule has 2 N–H and O–H groups in total. The van der Waals surface area contributed by atoms with Gasteiger partial charge in [-0.1, -0.05) is 215 Å². The van der Waals surface area contributed by atoms with Crippen LogP contribution in [0.1, 0.15) is 26.3 Å². The molecule has 0 aliphatic rings. The van der Waals surface area contributed by atoms with Gasteiger partial charge in [0.1, 0.15) is 0 Å². The summed E-state index contributed by atoms with van der Waals surface area (Å²) in [6, 6.07) is 104. The first-order valence-corrected chi connectivity index (χ1v) is 28.4. The summed E-state index contributed by atoms with van der Waals surface area (Å²) in [5.74, 6) is 0. The molecule has 15 rings (SSSR count). The summed E-state index contributed by atoms with van der Waals surface area (Å²) in [6.07, 6.45) is 0. The molecule has 0 saturated carbocycles. The number of nitrogens with one attached hydrogen (secondary N) is 2. The van der Waals surface area contributed by atoms with E-state index < -0.39 is 0 Å². The lowest BCUT2D eigenvalue weighted by Crippen LogP contribution is -2.11. The SMILES string of the molecule is CC(C)(C)c1ccc2c(-c3ccc(N(c4ccccc4)c4ccccc4-c4cccc5[nH]c6ccccc6c45)cc3)c3ccccc3c(-c3ccc(N(c4ccccc4)c4ccccc4-c4cccc5[nH]c6ccccc6c45)cc3)c2c1. The summed E-state index contributed by atoms with van der Waals surface area (Å²) >= 11 is 0. The van der Waals surface area contributed by atoms with Crippen LogP contribution in [0.4, 0.5) is 34.1 Å². The number of benzene rings is 13. The first kappa shape index (κ1) is 48.7. The highest BCUT2D eigenvalue weighted by atomic mass is 15.1. The number of nitrogens with zero attached hydrogens (tertiary/aromatic N) is 2. The molecular weight excluding hydrogens is 993 g/mol. The van der Waals surface area contributed by atoms with Crippen LogP contribution < -0.4 is 9.80 Å². The standard InChI is InChI=1S/C78H58N4/c1-78(2,3)53-44-49-64-67(50-53)75(52-42-47-57(48-43-52)82(55-24-8-5-9-25-55)73-39-19-15-27-59(73)61-33-21-37-71-77(61)66-31-13-17-35-69(66)80-71)63-29-11-10-28-62(63)74(64)51-40-45-56(46-41-51)81(54-22-6-4-7-23-54)72-38-18-14-26-58(72)60-32-20-36-70-76(60)65-30-12-16-34-68(65)79-70/h4-50,79-80H,1-3H3. The van der Waals surface area contributed by atoms with E-state index in [0.29, 0.717) is 0 Å². The number of para-hydroxylation sites is 6. The highest BCUT2D eigenvalue weighted by Crippen LogP contribution is 2.50. The molecule has 0 fully saturated rings. The molecule has 2 heterocycles. The highest BCUT2D eigenvalue weighted by molar-refractivity contribution is 6.22. The molecule has 0 saturated heterocycles. The van der Waals surface area contributed by atoms with Gasteiger partial charge in [0.15, 0.2) is 0 Å². The third kappa shape index (κ3) is 8.22. The molecule has 0 unspecified atom stereocenters. The molecule has 0 radical (unpaired) electrons. The second-order valence-electron chi connectivity index (χ2n) is 22.6. The first-order valence-electron chi connectivity index (χ1n) is 28.4. The Balaban J connectivity index is 0.868. The average Bonchev–Trinajstić information content (AvgIpc) is 3.91. The van der Waals surface area contributed by atoms with E-state index in [0.717, 1.165) is 67.3 Å². The average molecular weight is 1050 g/mol. The number of fused-ring (bicyclic) bond motifs is 8. The van der Waals surface area contributed by atoms with Crippen LogP contribution in [0, 0.1) is 0 Å². The van der Waals surface area contributed by atoms with Crippen LogP contribution in [0.15, 0.2) is 285 Å². The quantitative estimate of drug-likeness (QED) is 0.134. The van der Waals surface area contributed by atoms with Crippen molar-refractivity contribution in [2.24, 2.45) is 0 Å². The van der Waals surface area contributed by atoms with Gasteiger partial charge in [0.2, 0.25) is 0 Å². The van der Waals surface area contributed by atoms with E-state index in [-0.39, 0.29) is 5.41 Å². The molecule has 0 bridgehead atoms. The fourth-order valence-corrected chi connectivity index (χ4v) is 12.9. The van der Waals surface area contributed by atoms with Gasteiger partial charge in [-0.2, -0.15) is 0 Å². The Hall–Kier alpha value is -10.4. The monoisotopic (exact) mass is 1050 g/mol. The van der Waals surface area contributed by atoms with Crippen LogP contribution in [0.25, 0.3) is 110 Å². The lowest BCUT2D eigenvalue weighted by molar-refractivity contribution is 0.591. The Kier molecular flexibility index (Phi) is 11.7. The van der Waals surface area contributed by atoms with Gasteiger partial charge in [-0.15, -0.1) is 0 Å². The Bertz CT molecular complexity index is 4890. The molecule has 13 aromatic carbocycles. The maximum absolute atomic E-state index is 3.69. The van der Waals surface area contributed by atoms with Crippen molar-refractivity contribution >= 4 is 99.3 Å². The summed E-state index contributed by atoms with van der Waals surface area (Å²) in [5, 5.41) is 9.80. The topological polar surface area (TPSA) is 38.1 Å². The van der Waals surface area contributed by atoms with Crippen molar-refractivity contribution in [3.63, 3.8) is 0 Å². The lowest BCUT2D eigenvalue weighted by Gasteiger charge is -2.28. The summed E-state index contributed by atoms with van der Waals surface area (Å²) in [7, 11) is 0. The Morgan fingerprint density at radius 1 is 0.268 bits per heavy atom. The summed E-state index contributed by atoms with van der Waals surface area (Å²) in [6.45, 7) is 6.95. The van der Waals surface area contributed by atoms with Crippen molar-refractivity contribution in [3.8, 4) is 44.5 Å². The normalized spacial score (nSPS) is 11.8. The Labute approximate surface area is 477 Å². The number of rotatable bonds is 10. The molecule has 2 aromatic heterocycles. The highest BCUT2D eigenvalue weighted by Gasteiger charge is 2.25. The molecular formula is C78H58N4. The largest absolute Gasteiger partial charge is 0.354 e. The zero-order valence-corrected chi connectivity index (χ0v) is 46.0. The molecule has 0 aliphatic heterocycles. The van der Waals surface area contributed by atoms with Crippen LogP contribution in [0.5, 0.6) is 0 Å². The maximum atomic E-state index is 3.69. The van der Waals surface area contributed by atoms with Crippen LogP contribution in [-0.4, -0.2) is 9.97 Å². The number of hydrogen-bond acceptors (Lipinski definition) is 2. The van der Waals surface area contributed by atoms with E-state index in [4.69, 9.17) is 0 Å². The predicted molar refractivity (Wildman–Crippen MR) is 350 cm³/mol. The molecule has 0 aliphatic carbocycles. The summed E-state index contributed by atoms with van der Waals surface area (Å²) in [4.78, 5) is 12.2. The van der Waals surface area contributed by atoms with Gasteiger partial charge in [0, 0.05) is 77.5 Å². The predicted octanol–water partition coefficient (Wildman–Crippen LogP) is 22.2.